The number of thioether (sulfide) groups is 1. The first-order chi connectivity index (χ1) is 11.2. The minimum Gasteiger partial charge on any atom is -0.356 e. The zero-order chi connectivity index (χ0) is 16.5. The highest BCUT2D eigenvalue weighted by atomic mass is 127. The van der Waals surface area contributed by atoms with Crippen molar-refractivity contribution in [2.24, 2.45) is 4.99 Å². The second-order valence-corrected chi connectivity index (χ2v) is 8.32. The number of guanidine groups is 1. The molecule has 0 saturated carbocycles. The Bertz CT molecular complexity index is 367. The summed E-state index contributed by atoms with van der Waals surface area (Å²) < 4.78 is 0. The molecule has 0 amide bonds. The molecule has 2 aliphatic heterocycles. The van der Waals surface area contributed by atoms with Gasteiger partial charge >= 0.3 is 0 Å². The first-order valence-electron chi connectivity index (χ1n) is 9.55. The molecule has 2 fully saturated rings. The van der Waals surface area contributed by atoms with Crippen LogP contribution in [0.2, 0.25) is 0 Å². The normalized spacial score (nSPS) is 26.1. The van der Waals surface area contributed by atoms with Crippen LogP contribution in [0, 0.1) is 0 Å². The lowest BCUT2D eigenvalue weighted by Gasteiger charge is -2.34. The molecule has 0 spiro atoms. The van der Waals surface area contributed by atoms with E-state index in [9.17, 15) is 0 Å². The second-order valence-electron chi connectivity index (χ2n) is 6.91. The van der Waals surface area contributed by atoms with Crippen LogP contribution in [0.1, 0.15) is 52.4 Å². The number of unbranched alkanes of at least 4 members (excludes halogenated alkanes) is 1. The van der Waals surface area contributed by atoms with Crippen LogP contribution in [0.15, 0.2) is 4.99 Å². The topological polar surface area (TPSA) is 30.9 Å². The van der Waals surface area contributed by atoms with Gasteiger partial charge in [-0.25, -0.2) is 0 Å². The lowest BCUT2D eigenvalue weighted by Crippen LogP contribution is -2.48. The molecular weight excluding hydrogens is 431 g/mol. The lowest BCUT2D eigenvalue weighted by atomic mass is 10.0. The maximum atomic E-state index is 4.49. The van der Waals surface area contributed by atoms with E-state index in [0.29, 0.717) is 0 Å². The molecule has 2 heterocycles. The molecule has 2 atom stereocenters. The molecule has 2 unspecified atom stereocenters. The summed E-state index contributed by atoms with van der Waals surface area (Å²) >= 11 is 2.11. The SMILES string of the molecule is CCC1CN(C(=NC)NCCCCN2CCCCC2C)CCS1.I. The Labute approximate surface area is 170 Å². The van der Waals surface area contributed by atoms with E-state index in [2.05, 4.69) is 45.7 Å². The average Bonchev–Trinajstić information content (AvgIpc) is 2.59. The standard InChI is InChI=1S/C18H36N4S.HI/c1-4-17-15-22(13-14-23-17)18(19-3)20-10-6-8-12-21-11-7-5-9-16(21)2;/h16-17H,4-15H2,1-3H3,(H,19,20);1H. The third-order valence-corrected chi connectivity index (χ3v) is 6.57. The van der Waals surface area contributed by atoms with Crippen LogP contribution >= 0.6 is 35.7 Å². The number of hydrogen-bond donors (Lipinski definition) is 1. The van der Waals surface area contributed by atoms with Crippen molar-refractivity contribution < 1.29 is 0 Å². The number of nitrogens with one attached hydrogen (secondary N) is 1. The largest absolute Gasteiger partial charge is 0.356 e. The van der Waals surface area contributed by atoms with Gasteiger partial charge in [-0.3, -0.25) is 4.99 Å². The number of halogens is 1. The van der Waals surface area contributed by atoms with Gasteiger partial charge in [0.2, 0.25) is 0 Å². The number of rotatable bonds is 6. The Morgan fingerprint density at radius 3 is 2.79 bits per heavy atom. The van der Waals surface area contributed by atoms with E-state index in [1.807, 2.05) is 7.05 Å². The molecule has 0 aromatic carbocycles. The van der Waals surface area contributed by atoms with E-state index in [1.165, 1.54) is 57.4 Å². The number of aliphatic imine (C=N–C) groups is 1. The zero-order valence-electron chi connectivity index (χ0n) is 15.8. The van der Waals surface area contributed by atoms with Crippen LogP contribution in [-0.4, -0.2) is 72.6 Å². The lowest BCUT2D eigenvalue weighted by molar-refractivity contribution is 0.158. The van der Waals surface area contributed by atoms with Gasteiger partial charge in [0.05, 0.1) is 0 Å². The average molecular weight is 468 g/mol. The highest BCUT2D eigenvalue weighted by Crippen LogP contribution is 2.21. The van der Waals surface area contributed by atoms with Crippen LogP contribution in [-0.2, 0) is 0 Å². The van der Waals surface area contributed by atoms with Crippen LogP contribution in [0.3, 0.4) is 0 Å². The molecule has 2 saturated heterocycles. The van der Waals surface area contributed by atoms with Crippen LogP contribution in [0.25, 0.3) is 0 Å². The Hall–Kier alpha value is 0.310. The van der Waals surface area contributed by atoms with Crippen LogP contribution in [0.5, 0.6) is 0 Å². The van der Waals surface area contributed by atoms with E-state index < -0.39 is 0 Å². The summed E-state index contributed by atoms with van der Waals surface area (Å²) in [6.45, 7) is 10.6. The van der Waals surface area contributed by atoms with Gasteiger partial charge in [-0.1, -0.05) is 13.3 Å². The van der Waals surface area contributed by atoms with E-state index in [-0.39, 0.29) is 24.0 Å². The van der Waals surface area contributed by atoms with Gasteiger partial charge in [-0.2, -0.15) is 11.8 Å². The zero-order valence-corrected chi connectivity index (χ0v) is 18.9. The van der Waals surface area contributed by atoms with Crippen molar-refractivity contribution in [1.82, 2.24) is 15.1 Å². The highest BCUT2D eigenvalue weighted by molar-refractivity contribution is 14.0. The molecule has 142 valence electrons. The highest BCUT2D eigenvalue weighted by Gasteiger charge is 2.21. The monoisotopic (exact) mass is 468 g/mol. The van der Waals surface area contributed by atoms with Crippen molar-refractivity contribution in [2.75, 3.05) is 45.5 Å². The van der Waals surface area contributed by atoms with Gasteiger partial charge in [-0.05, 0) is 52.1 Å². The molecular formula is C18H37IN4S. The smallest absolute Gasteiger partial charge is 0.193 e. The summed E-state index contributed by atoms with van der Waals surface area (Å²) in [4.78, 5) is 9.61. The number of hydrogen-bond acceptors (Lipinski definition) is 3. The fourth-order valence-corrected chi connectivity index (χ4v) is 4.80. The van der Waals surface area contributed by atoms with Gasteiger partial charge in [0.25, 0.3) is 0 Å². The molecule has 24 heavy (non-hydrogen) atoms. The molecule has 0 bridgehead atoms. The van der Waals surface area contributed by atoms with Crippen molar-refractivity contribution >= 4 is 41.7 Å². The van der Waals surface area contributed by atoms with Crippen molar-refractivity contribution in [3.05, 3.63) is 0 Å². The van der Waals surface area contributed by atoms with Gasteiger partial charge in [-0.15, -0.1) is 24.0 Å². The molecule has 6 heteroatoms. The third kappa shape index (κ3) is 7.28. The Kier molecular flexibility index (Phi) is 11.8. The molecule has 1 N–H and O–H groups in total. The number of piperidine rings is 1. The fraction of sp³-hybridized carbons (Fsp3) is 0.944. The van der Waals surface area contributed by atoms with Crippen molar-refractivity contribution in [3.63, 3.8) is 0 Å². The Balaban J connectivity index is 0.00000288. The predicted molar refractivity (Wildman–Crippen MR) is 119 cm³/mol. The fourth-order valence-electron chi connectivity index (χ4n) is 3.62. The third-order valence-electron chi connectivity index (χ3n) is 5.20. The van der Waals surface area contributed by atoms with Crippen molar-refractivity contribution in [3.8, 4) is 0 Å². The van der Waals surface area contributed by atoms with Crippen molar-refractivity contribution in [1.29, 1.82) is 0 Å². The number of nitrogens with zero attached hydrogens (tertiary/aromatic N) is 3. The number of likely N-dealkylation sites (tertiary alicyclic amines) is 1. The van der Waals surface area contributed by atoms with Gasteiger partial charge in [0.1, 0.15) is 0 Å². The maximum absolute atomic E-state index is 4.49. The molecule has 2 aliphatic rings. The Morgan fingerprint density at radius 1 is 1.25 bits per heavy atom. The summed E-state index contributed by atoms with van der Waals surface area (Å²) in [5.74, 6) is 2.33. The van der Waals surface area contributed by atoms with E-state index in [0.717, 1.165) is 36.9 Å². The summed E-state index contributed by atoms with van der Waals surface area (Å²) in [5.41, 5.74) is 0. The molecule has 0 radical (unpaired) electrons. The van der Waals surface area contributed by atoms with Crippen LogP contribution in [0.4, 0.5) is 0 Å². The van der Waals surface area contributed by atoms with E-state index in [1.54, 1.807) is 0 Å². The van der Waals surface area contributed by atoms with Crippen molar-refractivity contribution in [2.45, 2.75) is 63.7 Å². The minimum atomic E-state index is 0. The molecule has 4 nitrogen and oxygen atoms in total. The van der Waals surface area contributed by atoms with Crippen LogP contribution < -0.4 is 5.32 Å². The summed E-state index contributed by atoms with van der Waals surface area (Å²) in [6, 6.07) is 0.793. The summed E-state index contributed by atoms with van der Waals surface area (Å²) in [6.07, 6.45) is 7.98. The predicted octanol–water partition coefficient (Wildman–Crippen LogP) is 3.66. The summed E-state index contributed by atoms with van der Waals surface area (Å²) in [7, 11) is 1.92. The molecule has 2 rings (SSSR count). The molecule has 0 aromatic heterocycles. The van der Waals surface area contributed by atoms with Gasteiger partial charge < -0.3 is 15.1 Å². The maximum Gasteiger partial charge on any atom is 0.193 e. The summed E-state index contributed by atoms with van der Waals surface area (Å²) in [5, 5.41) is 4.35. The minimum absolute atomic E-state index is 0. The Morgan fingerprint density at radius 2 is 2.08 bits per heavy atom. The first-order valence-corrected chi connectivity index (χ1v) is 10.6. The first kappa shape index (κ1) is 22.4. The molecule has 0 aromatic rings. The quantitative estimate of drug-likeness (QED) is 0.279. The van der Waals surface area contributed by atoms with Gasteiger partial charge in [0, 0.05) is 43.7 Å². The van der Waals surface area contributed by atoms with E-state index in [4.69, 9.17) is 0 Å². The second kappa shape index (κ2) is 12.6. The van der Waals surface area contributed by atoms with Gasteiger partial charge in [0.15, 0.2) is 5.96 Å². The van der Waals surface area contributed by atoms with E-state index >= 15 is 0 Å². The molecule has 0 aliphatic carbocycles.